The number of nitrogens with two attached hydrogens (primary N) is 1. The highest BCUT2D eigenvalue weighted by Gasteiger charge is 2.33. The minimum atomic E-state index is -0.279. The molecule has 0 aliphatic carbocycles. The monoisotopic (exact) mass is 320 g/mol. The van der Waals surface area contributed by atoms with Crippen molar-refractivity contribution in [2.45, 2.75) is 37.5 Å². The Morgan fingerprint density at radius 1 is 1.32 bits per heavy atom. The molecule has 2 N–H and O–H groups in total. The molecule has 1 saturated heterocycles. The van der Waals surface area contributed by atoms with Crippen LogP contribution in [0.4, 0.5) is 5.82 Å². The second kappa shape index (κ2) is 6.05. The molecule has 0 spiro atoms. The molecule has 22 heavy (non-hydrogen) atoms. The standard InChI is InChI=1S/C15H20N4O2S/c1-15(2)7-10-11(8-16)14(22-17)18-13(12(10)9-21-15)19-3-5-20-6-4-19/h3-7,9,17H2,1-2H3. The zero-order valence-electron chi connectivity index (χ0n) is 12.9. The van der Waals surface area contributed by atoms with Crippen molar-refractivity contribution >= 4 is 17.8 Å². The van der Waals surface area contributed by atoms with Crippen LogP contribution in [0, 0.1) is 11.3 Å². The summed E-state index contributed by atoms with van der Waals surface area (Å²) in [7, 11) is 0. The summed E-state index contributed by atoms with van der Waals surface area (Å²) in [5.41, 5.74) is 2.37. The number of morpholine rings is 1. The smallest absolute Gasteiger partial charge is 0.136 e. The molecule has 0 saturated carbocycles. The molecule has 1 fully saturated rings. The number of rotatable bonds is 2. The zero-order valence-corrected chi connectivity index (χ0v) is 13.7. The van der Waals surface area contributed by atoms with Gasteiger partial charge in [-0.25, -0.2) is 4.98 Å². The summed E-state index contributed by atoms with van der Waals surface area (Å²) >= 11 is 1.04. The predicted octanol–water partition coefficient (Wildman–Crippen LogP) is 1.61. The first-order valence-corrected chi connectivity index (χ1v) is 8.23. The lowest BCUT2D eigenvalue weighted by Crippen LogP contribution is -2.39. The number of aromatic nitrogens is 1. The molecular formula is C15H20N4O2S. The van der Waals surface area contributed by atoms with Gasteiger partial charge in [-0.1, -0.05) is 0 Å². The highest BCUT2D eigenvalue weighted by molar-refractivity contribution is 7.97. The van der Waals surface area contributed by atoms with Crippen molar-refractivity contribution < 1.29 is 9.47 Å². The van der Waals surface area contributed by atoms with E-state index in [0.29, 0.717) is 36.8 Å². The van der Waals surface area contributed by atoms with Crippen LogP contribution >= 0.6 is 11.9 Å². The maximum Gasteiger partial charge on any atom is 0.136 e. The number of hydrogen-bond donors (Lipinski definition) is 1. The number of nitrogens with zero attached hydrogens (tertiary/aromatic N) is 3. The number of hydrogen-bond acceptors (Lipinski definition) is 7. The van der Waals surface area contributed by atoms with Crippen LogP contribution in [-0.2, 0) is 22.5 Å². The third kappa shape index (κ3) is 2.79. The van der Waals surface area contributed by atoms with Gasteiger partial charge in [0.15, 0.2) is 0 Å². The lowest BCUT2D eigenvalue weighted by molar-refractivity contribution is -0.0402. The van der Waals surface area contributed by atoms with Crippen molar-refractivity contribution in [3.05, 3.63) is 16.7 Å². The van der Waals surface area contributed by atoms with E-state index in [1.54, 1.807) is 0 Å². The summed E-state index contributed by atoms with van der Waals surface area (Å²) in [6, 6.07) is 2.28. The number of ether oxygens (including phenoxy) is 2. The number of anilines is 1. The van der Waals surface area contributed by atoms with Crippen LogP contribution in [0.2, 0.25) is 0 Å². The molecular weight excluding hydrogens is 300 g/mol. The normalized spacial score (nSPS) is 20.4. The Labute approximate surface area is 134 Å². The first-order chi connectivity index (χ1) is 10.6. The van der Waals surface area contributed by atoms with Gasteiger partial charge in [-0.2, -0.15) is 5.26 Å². The van der Waals surface area contributed by atoms with Gasteiger partial charge in [0.25, 0.3) is 0 Å². The Kier molecular flexibility index (Phi) is 4.28. The first-order valence-electron chi connectivity index (χ1n) is 7.35. The summed E-state index contributed by atoms with van der Waals surface area (Å²) in [5.74, 6) is 0.890. The molecule has 1 aromatic heterocycles. The van der Waals surface area contributed by atoms with Crippen LogP contribution < -0.4 is 10.0 Å². The third-order valence-electron chi connectivity index (χ3n) is 4.10. The first kappa shape index (κ1) is 15.6. The van der Waals surface area contributed by atoms with Crippen LogP contribution in [0.1, 0.15) is 30.5 Å². The molecule has 3 heterocycles. The maximum absolute atomic E-state index is 9.54. The van der Waals surface area contributed by atoms with E-state index in [1.165, 1.54) is 0 Å². The Hall–Kier alpha value is -1.33. The number of nitriles is 1. The summed E-state index contributed by atoms with van der Waals surface area (Å²) in [5, 5.41) is 15.9. The molecule has 2 aliphatic heterocycles. The Bertz CT molecular complexity index is 621. The molecule has 0 bridgehead atoms. The lowest BCUT2D eigenvalue weighted by Gasteiger charge is -2.36. The minimum absolute atomic E-state index is 0.279. The van der Waals surface area contributed by atoms with Crippen LogP contribution in [0.3, 0.4) is 0 Å². The third-order valence-corrected chi connectivity index (χ3v) is 4.62. The zero-order chi connectivity index (χ0) is 15.7. The van der Waals surface area contributed by atoms with E-state index in [2.05, 4.69) is 16.0 Å². The van der Waals surface area contributed by atoms with Crippen molar-refractivity contribution in [3.63, 3.8) is 0 Å². The fourth-order valence-electron chi connectivity index (χ4n) is 2.96. The van der Waals surface area contributed by atoms with Gasteiger partial charge in [0.05, 0.1) is 31.0 Å². The molecule has 118 valence electrons. The number of pyridine rings is 1. The SMILES string of the molecule is CC1(C)Cc2c(C#N)c(SN)nc(N3CCOCC3)c2CO1. The van der Waals surface area contributed by atoms with Gasteiger partial charge in [0.2, 0.25) is 0 Å². The molecule has 3 rings (SSSR count). The van der Waals surface area contributed by atoms with Crippen LogP contribution in [0.25, 0.3) is 0 Å². The predicted molar refractivity (Wildman–Crippen MR) is 84.6 cm³/mol. The quantitative estimate of drug-likeness (QED) is 0.829. The maximum atomic E-state index is 9.54. The summed E-state index contributed by atoms with van der Waals surface area (Å²) in [6.45, 7) is 7.53. The van der Waals surface area contributed by atoms with Crippen LogP contribution in [0.5, 0.6) is 0 Å². The highest BCUT2D eigenvalue weighted by Crippen LogP contribution is 2.37. The van der Waals surface area contributed by atoms with Gasteiger partial charge in [-0.05, 0) is 31.4 Å². The Morgan fingerprint density at radius 3 is 2.68 bits per heavy atom. The second-order valence-corrected chi connectivity index (χ2v) is 6.75. The summed E-state index contributed by atoms with van der Waals surface area (Å²) in [4.78, 5) is 6.85. The van der Waals surface area contributed by atoms with E-state index in [1.807, 2.05) is 13.8 Å². The van der Waals surface area contributed by atoms with Gasteiger partial charge < -0.3 is 14.4 Å². The van der Waals surface area contributed by atoms with Gasteiger partial charge in [0.1, 0.15) is 16.9 Å². The molecule has 6 nitrogen and oxygen atoms in total. The number of fused-ring (bicyclic) bond motifs is 1. The van der Waals surface area contributed by atoms with E-state index in [-0.39, 0.29) is 5.60 Å². The van der Waals surface area contributed by atoms with Crippen molar-refractivity contribution in [3.8, 4) is 6.07 Å². The van der Waals surface area contributed by atoms with E-state index >= 15 is 0 Å². The van der Waals surface area contributed by atoms with Gasteiger partial charge >= 0.3 is 0 Å². The molecule has 7 heteroatoms. The van der Waals surface area contributed by atoms with Crippen molar-refractivity contribution in [2.75, 3.05) is 31.2 Å². The second-order valence-electron chi connectivity index (χ2n) is 6.13. The van der Waals surface area contributed by atoms with Crippen molar-refractivity contribution in [2.24, 2.45) is 5.14 Å². The molecule has 0 unspecified atom stereocenters. The lowest BCUT2D eigenvalue weighted by atomic mass is 9.89. The molecule has 2 aliphatic rings. The molecule has 0 amide bonds. The Balaban J connectivity index is 2.13. The minimum Gasteiger partial charge on any atom is -0.378 e. The van der Waals surface area contributed by atoms with Gasteiger partial charge in [-0.15, -0.1) is 0 Å². The van der Waals surface area contributed by atoms with E-state index in [9.17, 15) is 5.26 Å². The average molecular weight is 320 g/mol. The van der Waals surface area contributed by atoms with E-state index in [0.717, 1.165) is 42.0 Å². The van der Waals surface area contributed by atoms with E-state index < -0.39 is 0 Å². The van der Waals surface area contributed by atoms with Crippen LogP contribution in [-0.4, -0.2) is 36.9 Å². The molecule has 0 atom stereocenters. The van der Waals surface area contributed by atoms with E-state index in [4.69, 9.17) is 14.6 Å². The molecule has 0 radical (unpaired) electrons. The van der Waals surface area contributed by atoms with Gasteiger partial charge in [0, 0.05) is 25.1 Å². The Morgan fingerprint density at radius 2 is 2.05 bits per heavy atom. The highest BCUT2D eigenvalue weighted by atomic mass is 32.2. The fourth-order valence-corrected chi connectivity index (χ4v) is 3.39. The van der Waals surface area contributed by atoms with Crippen LogP contribution in [0.15, 0.2) is 5.03 Å². The summed E-state index contributed by atoms with van der Waals surface area (Å²) in [6.07, 6.45) is 0.693. The molecule has 1 aromatic rings. The molecule has 0 aromatic carbocycles. The fraction of sp³-hybridized carbons (Fsp3) is 0.600. The van der Waals surface area contributed by atoms with Crippen molar-refractivity contribution in [1.29, 1.82) is 5.26 Å². The summed E-state index contributed by atoms with van der Waals surface area (Å²) < 4.78 is 11.4. The topological polar surface area (TPSA) is 84.4 Å². The average Bonchev–Trinajstić information content (AvgIpc) is 2.53. The largest absolute Gasteiger partial charge is 0.378 e. The van der Waals surface area contributed by atoms with Gasteiger partial charge in [-0.3, -0.25) is 5.14 Å². The van der Waals surface area contributed by atoms with Crippen molar-refractivity contribution in [1.82, 2.24) is 4.98 Å².